The Morgan fingerprint density at radius 1 is 1.22 bits per heavy atom. The van der Waals surface area contributed by atoms with Crippen LogP contribution in [0.3, 0.4) is 0 Å². The quantitative estimate of drug-likeness (QED) is 0.841. The van der Waals surface area contributed by atoms with Gasteiger partial charge in [0, 0.05) is 19.8 Å². The van der Waals surface area contributed by atoms with E-state index in [1.807, 2.05) is 0 Å². The van der Waals surface area contributed by atoms with Crippen LogP contribution >= 0.6 is 34.5 Å². The first-order valence-electron chi connectivity index (χ1n) is 6.16. The molecule has 0 saturated carbocycles. The minimum Gasteiger partial charge on any atom is -0.369 e. The standard InChI is InChI=1S/C13H12Cl2N2O4S2/c1-17(2)23(19,20)21-11-5-6-22-12(11)13(18)16-8-3-4-9(14)10(15)7-8/h3-7H,1-2H3,(H,16,18). The zero-order valence-electron chi connectivity index (χ0n) is 12.0. The van der Waals surface area contributed by atoms with Crippen molar-refractivity contribution in [3.05, 3.63) is 44.6 Å². The van der Waals surface area contributed by atoms with E-state index in [0.29, 0.717) is 15.7 Å². The average molecular weight is 395 g/mol. The zero-order chi connectivity index (χ0) is 17.2. The molecule has 1 heterocycles. The van der Waals surface area contributed by atoms with Gasteiger partial charge in [-0.15, -0.1) is 11.3 Å². The maximum Gasteiger partial charge on any atom is 0.384 e. The Labute approximate surface area is 147 Å². The molecule has 10 heteroatoms. The maximum atomic E-state index is 12.3. The van der Waals surface area contributed by atoms with Crippen LogP contribution in [0, 0.1) is 0 Å². The molecular weight excluding hydrogens is 383 g/mol. The monoisotopic (exact) mass is 394 g/mol. The SMILES string of the molecule is CN(C)S(=O)(=O)Oc1ccsc1C(=O)Nc1ccc(Cl)c(Cl)c1. The van der Waals surface area contributed by atoms with Gasteiger partial charge in [-0.05, 0) is 29.6 Å². The summed E-state index contributed by atoms with van der Waals surface area (Å²) in [4.78, 5) is 12.4. The molecule has 0 bridgehead atoms. The van der Waals surface area contributed by atoms with Crippen molar-refractivity contribution in [1.82, 2.24) is 4.31 Å². The van der Waals surface area contributed by atoms with Crippen LogP contribution in [0.5, 0.6) is 5.75 Å². The summed E-state index contributed by atoms with van der Waals surface area (Å²) in [5.74, 6) is -0.552. The number of hydrogen-bond acceptors (Lipinski definition) is 5. The van der Waals surface area contributed by atoms with E-state index in [0.717, 1.165) is 15.6 Å². The van der Waals surface area contributed by atoms with E-state index in [-0.39, 0.29) is 10.6 Å². The number of halogens is 2. The number of nitrogens with one attached hydrogen (secondary N) is 1. The van der Waals surface area contributed by atoms with Crippen LogP contribution in [-0.4, -0.2) is 32.7 Å². The highest BCUT2D eigenvalue weighted by atomic mass is 35.5. The Morgan fingerprint density at radius 2 is 1.91 bits per heavy atom. The van der Waals surface area contributed by atoms with E-state index in [4.69, 9.17) is 27.4 Å². The molecule has 0 fully saturated rings. The maximum absolute atomic E-state index is 12.3. The summed E-state index contributed by atoms with van der Waals surface area (Å²) in [6.45, 7) is 0. The summed E-state index contributed by atoms with van der Waals surface area (Å²) in [5.41, 5.74) is 0.430. The molecule has 0 aliphatic heterocycles. The number of benzene rings is 1. The van der Waals surface area contributed by atoms with E-state index in [1.165, 1.54) is 26.2 Å². The molecule has 1 aromatic heterocycles. The van der Waals surface area contributed by atoms with Gasteiger partial charge in [-0.25, -0.2) is 0 Å². The molecule has 6 nitrogen and oxygen atoms in total. The van der Waals surface area contributed by atoms with E-state index in [1.54, 1.807) is 17.5 Å². The number of amides is 1. The van der Waals surface area contributed by atoms with Gasteiger partial charge < -0.3 is 9.50 Å². The smallest absolute Gasteiger partial charge is 0.369 e. The molecule has 2 aromatic rings. The first-order chi connectivity index (χ1) is 10.7. The molecule has 124 valence electrons. The number of nitrogens with zero attached hydrogens (tertiary/aromatic N) is 1. The fraction of sp³-hybridized carbons (Fsp3) is 0.154. The van der Waals surface area contributed by atoms with E-state index in [2.05, 4.69) is 5.32 Å². The molecule has 1 amide bonds. The first kappa shape index (κ1) is 18.0. The lowest BCUT2D eigenvalue weighted by molar-refractivity contribution is 0.102. The van der Waals surface area contributed by atoms with Crippen LogP contribution in [0.4, 0.5) is 5.69 Å². The van der Waals surface area contributed by atoms with Crippen LogP contribution in [0.2, 0.25) is 10.0 Å². The third-order valence-corrected chi connectivity index (χ3v) is 5.57. The lowest BCUT2D eigenvalue weighted by Gasteiger charge is -2.12. The molecule has 1 N–H and O–H groups in total. The highest BCUT2D eigenvalue weighted by Gasteiger charge is 2.22. The predicted molar refractivity (Wildman–Crippen MR) is 92.0 cm³/mol. The first-order valence-corrected chi connectivity index (χ1v) is 9.16. The number of carbonyl (C=O) groups is 1. The minimum atomic E-state index is -3.94. The van der Waals surface area contributed by atoms with E-state index in [9.17, 15) is 13.2 Å². The van der Waals surface area contributed by atoms with Crippen molar-refractivity contribution in [2.75, 3.05) is 19.4 Å². The van der Waals surface area contributed by atoms with Crippen molar-refractivity contribution in [1.29, 1.82) is 0 Å². The minimum absolute atomic E-state index is 0.0405. The number of anilines is 1. The van der Waals surface area contributed by atoms with Crippen molar-refractivity contribution in [2.24, 2.45) is 0 Å². The third-order valence-electron chi connectivity index (χ3n) is 2.66. The summed E-state index contributed by atoms with van der Waals surface area (Å²) >= 11 is 12.8. The normalized spacial score (nSPS) is 11.5. The summed E-state index contributed by atoms with van der Waals surface area (Å²) in [5, 5.41) is 4.82. The molecule has 0 atom stereocenters. The van der Waals surface area contributed by atoms with Gasteiger partial charge in [0.05, 0.1) is 10.0 Å². The summed E-state index contributed by atoms with van der Waals surface area (Å²) in [7, 11) is -1.28. The van der Waals surface area contributed by atoms with Gasteiger partial charge >= 0.3 is 10.3 Å². The molecule has 23 heavy (non-hydrogen) atoms. The Balaban J connectivity index is 2.21. The van der Waals surface area contributed by atoms with Crippen LogP contribution < -0.4 is 9.50 Å². The molecule has 2 rings (SSSR count). The van der Waals surface area contributed by atoms with Crippen LogP contribution in [0.15, 0.2) is 29.6 Å². The number of carbonyl (C=O) groups excluding carboxylic acids is 1. The van der Waals surface area contributed by atoms with Gasteiger partial charge in [-0.3, -0.25) is 4.79 Å². The lowest BCUT2D eigenvalue weighted by Crippen LogP contribution is -2.27. The number of rotatable bonds is 5. The van der Waals surface area contributed by atoms with Gasteiger partial charge in [0.2, 0.25) is 0 Å². The van der Waals surface area contributed by atoms with Crippen molar-refractivity contribution in [3.8, 4) is 5.75 Å². The van der Waals surface area contributed by atoms with Crippen molar-refractivity contribution in [3.63, 3.8) is 0 Å². The lowest BCUT2D eigenvalue weighted by atomic mass is 10.3. The Bertz CT molecular complexity index is 834. The van der Waals surface area contributed by atoms with Gasteiger partial charge in [0.25, 0.3) is 5.91 Å². The van der Waals surface area contributed by atoms with Crippen molar-refractivity contribution in [2.45, 2.75) is 0 Å². The second-order valence-electron chi connectivity index (χ2n) is 4.52. The summed E-state index contributed by atoms with van der Waals surface area (Å²) in [6.07, 6.45) is 0. The third kappa shape index (κ3) is 4.36. The molecule has 0 unspecified atom stereocenters. The predicted octanol–water partition coefficient (Wildman–Crippen LogP) is 3.49. The van der Waals surface area contributed by atoms with Gasteiger partial charge in [-0.2, -0.15) is 12.7 Å². The summed E-state index contributed by atoms with van der Waals surface area (Å²) in [6, 6.07) is 6.03. The number of thiophene rings is 1. The Kier molecular flexibility index (Phi) is 5.53. The van der Waals surface area contributed by atoms with Gasteiger partial charge in [0.1, 0.15) is 4.88 Å². The van der Waals surface area contributed by atoms with Crippen molar-refractivity contribution < 1.29 is 17.4 Å². The number of hydrogen-bond donors (Lipinski definition) is 1. The second kappa shape index (κ2) is 7.06. The second-order valence-corrected chi connectivity index (χ2v) is 8.00. The molecule has 0 saturated heterocycles. The molecule has 0 aliphatic rings. The highest BCUT2D eigenvalue weighted by Crippen LogP contribution is 2.29. The van der Waals surface area contributed by atoms with Gasteiger partial charge in [-0.1, -0.05) is 23.2 Å². The molecule has 0 aliphatic carbocycles. The molecule has 1 aromatic carbocycles. The largest absolute Gasteiger partial charge is 0.384 e. The van der Waals surface area contributed by atoms with Crippen LogP contribution in [0.25, 0.3) is 0 Å². The molecule has 0 radical (unpaired) electrons. The van der Waals surface area contributed by atoms with E-state index >= 15 is 0 Å². The van der Waals surface area contributed by atoms with Crippen molar-refractivity contribution >= 4 is 56.4 Å². The average Bonchev–Trinajstić information content (AvgIpc) is 2.90. The van der Waals surface area contributed by atoms with Crippen LogP contribution in [-0.2, 0) is 10.3 Å². The van der Waals surface area contributed by atoms with Crippen LogP contribution in [0.1, 0.15) is 9.67 Å². The van der Waals surface area contributed by atoms with E-state index < -0.39 is 16.2 Å². The fourth-order valence-corrected chi connectivity index (χ4v) is 3.06. The Hall–Kier alpha value is -1.32. The Morgan fingerprint density at radius 3 is 2.52 bits per heavy atom. The topological polar surface area (TPSA) is 75.7 Å². The molecule has 0 spiro atoms. The highest BCUT2D eigenvalue weighted by molar-refractivity contribution is 7.84. The summed E-state index contributed by atoms with van der Waals surface area (Å²) < 4.78 is 29.4. The fourth-order valence-electron chi connectivity index (χ4n) is 1.48. The molecular formula is C13H12Cl2N2O4S2. The zero-order valence-corrected chi connectivity index (χ0v) is 15.2. The van der Waals surface area contributed by atoms with Gasteiger partial charge in [0.15, 0.2) is 5.75 Å².